The van der Waals surface area contributed by atoms with Crippen LogP contribution in [0, 0.1) is 12.7 Å². The lowest BCUT2D eigenvalue weighted by atomic mass is 10.1. The van der Waals surface area contributed by atoms with Gasteiger partial charge in [0.1, 0.15) is 17.7 Å². The molecule has 0 spiro atoms. The van der Waals surface area contributed by atoms with E-state index in [2.05, 4.69) is 15.3 Å². The number of benzene rings is 1. The van der Waals surface area contributed by atoms with E-state index < -0.39 is 0 Å². The standard InChI is InChI=1S/C19H23FN4O2/c1-13-10-17(21-2)23-19(22-13)16-12-26-9-8-24(16)18(25)7-6-14-4-3-5-15(20)11-14/h3-5,10-11,16H,6-9,12H2,1-2H3,(H,21,22,23)/t16-/m1/s1. The molecule has 3 rings (SSSR count). The number of rotatable bonds is 5. The van der Waals surface area contributed by atoms with E-state index in [4.69, 9.17) is 4.74 Å². The zero-order valence-electron chi connectivity index (χ0n) is 15.0. The highest BCUT2D eigenvalue weighted by Crippen LogP contribution is 2.24. The number of aromatic nitrogens is 2. The normalized spacial score (nSPS) is 17.2. The third kappa shape index (κ3) is 4.35. The second-order valence-corrected chi connectivity index (χ2v) is 6.31. The lowest BCUT2D eigenvalue weighted by molar-refractivity contribution is -0.140. The minimum atomic E-state index is -0.309. The van der Waals surface area contributed by atoms with E-state index in [9.17, 15) is 9.18 Å². The maximum atomic E-state index is 13.3. The van der Waals surface area contributed by atoms with Crippen LogP contribution in [0.2, 0.25) is 0 Å². The highest BCUT2D eigenvalue weighted by molar-refractivity contribution is 5.77. The summed E-state index contributed by atoms with van der Waals surface area (Å²) in [4.78, 5) is 23.5. The molecule has 138 valence electrons. The molecule has 1 aliphatic rings. The molecule has 1 fully saturated rings. The van der Waals surface area contributed by atoms with E-state index in [0.717, 1.165) is 11.3 Å². The summed E-state index contributed by atoms with van der Waals surface area (Å²) in [6.07, 6.45) is 0.807. The Hall–Kier alpha value is -2.54. The Morgan fingerprint density at radius 2 is 2.23 bits per heavy atom. The van der Waals surface area contributed by atoms with Crippen LogP contribution in [0.3, 0.4) is 0 Å². The number of carbonyl (C=O) groups is 1. The highest BCUT2D eigenvalue weighted by Gasteiger charge is 2.30. The maximum Gasteiger partial charge on any atom is 0.223 e. The average molecular weight is 358 g/mol. The topological polar surface area (TPSA) is 67.4 Å². The van der Waals surface area contributed by atoms with Gasteiger partial charge in [-0.2, -0.15) is 0 Å². The number of nitrogens with one attached hydrogen (secondary N) is 1. The van der Waals surface area contributed by atoms with Crippen LogP contribution in [0.15, 0.2) is 30.3 Å². The fourth-order valence-corrected chi connectivity index (χ4v) is 3.07. The maximum absolute atomic E-state index is 13.3. The monoisotopic (exact) mass is 358 g/mol. The van der Waals surface area contributed by atoms with E-state index in [0.29, 0.717) is 44.2 Å². The molecule has 1 aromatic carbocycles. The Bertz CT molecular complexity index is 784. The molecule has 2 aromatic rings. The van der Waals surface area contributed by atoms with Crippen molar-refractivity contribution in [2.24, 2.45) is 0 Å². The summed E-state index contributed by atoms with van der Waals surface area (Å²) in [6, 6.07) is 7.90. The summed E-state index contributed by atoms with van der Waals surface area (Å²) in [7, 11) is 1.80. The quantitative estimate of drug-likeness (QED) is 0.889. The van der Waals surface area contributed by atoms with Gasteiger partial charge in [0, 0.05) is 31.8 Å². The minimum Gasteiger partial charge on any atom is -0.377 e. The van der Waals surface area contributed by atoms with E-state index in [1.807, 2.05) is 19.1 Å². The molecule has 0 saturated carbocycles. The first-order valence-electron chi connectivity index (χ1n) is 8.72. The number of aryl methyl sites for hydroxylation is 2. The molecular weight excluding hydrogens is 335 g/mol. The van der Waals surface area contributed by atoms with Crippen molar-refractivity contribution in [3.05, 3.63) is 53.2 Å². The van der Waals surface area contributed by atoms with Gasteiger partial charge in [0.2, 0.25) is 5.91 Å². The minimum absolute atomic E-state index is 0.00123. The third-order valence-corrected chi connectivity index (χ3v) is 4.39. The second-order valence-electron chi connectivity index (χ2n) is 6.31. The van der Waals surface area contributed by atoms with Gasteiger partial charge in [-0.15, -0.1) is 0 Å². The molecular formula is C19H23FN4O2. The summed E-state index contributed by atoms with van der Waals surface area (Å²) in [5.41, 5.74) is 1.64. The zero-order valence-corrected chi connectivity index (χ0v) is 15.0. The van der Waals surface area contributed by atoms with E-state index in [-0.39, 0.29) is 17.8 Å². The van der Waals surface area contributed by atoms with Crippen molar-refractivity contribution in [3.63, 3.8) is 0 Å². The van der Waals surface area contributed by atoms with Crippen molar-refractivity contribution in [1.29, 1.82) is 0 Å². The summed E-state index contributed by atoms with van der Waals surface area (Å²) < 4.78 is 18.9. The molecule has 1 aliphatic heterocycles. The molecule has 6 nitrogen and oxygen atoms in total. The number of carbonyl (C=O) groups excluding carboxylic acids is 1. The molecule has 1 N–H and O–H groups in total. The van der Waals surface area contributed by atoms with Crippen molar-refractivity contribution in [3.8, 4) is 0 Å². The number of anilines is 1. The van der Waals surface area contributed by atoms with Crippen molar-refractivity contribution in [2.75, 3.05) is 32.1 Å². The molecule has 0 bridgehead atoms. The van der Waals surface area contributed by atoms with E-state index in [1.54, 1.807) is 18.0 Å². The van der Waals surface area contributed by atoms with Crippen LogP contribution < -0.4 is 5.32 Å². The smallest absolute Gasteiger partial charge is 0.223 e. The van der Waals surface area contributed by atoms with Gasteiger partial charge in [0.15, 0.2) is 5.82 Å². The summed E-state index contributed by atoms with van der Waals surface area (Å²) in [5.74, 6) is 1.00. The molecule has 1 saturated heterocycles. The van der Waals surface area contributed by atoms with Gasteiger partial charge in [-0.05, 0) is 31.0 Å². The van der Waals surface area contributed by atoms with Gasteiger partial charge in [0.25, 0.3) is 0 Å². The van der Waals surface area contributed by atoms with Crippen LogP contribution in [0.25, 0.3) is 0 Å². The summed E-state index contributed by atoms with van der Waals surface area (Å²) >= 11 is 0. The summed E-state index contributed by atoms with van der Waals surface area (Å²) in [5, 5.41) is 3.01. The zero-order chi connectivity index (χ0) is 18.5. The third-order valence-electron chi connectivity index (χ3n) is 4.39. The van der Waals surface area contributed by atoms with Gasteiger partial charge < -0.3 is 15.0 Å². The number of morpholine rings is 1. The average Bonchev–Trinajstić information content (AvgIpc) is 2.65. The molecule has 1 amide bonds. The Kier molecular flexibility index (Phi) is 5.78. The van der Waals surface area contributed by atoms with Crippen LogP contribution in [0.5, 0.6) is 0 Å². The van der Waals surface area contributed by atoms with Gasteiger partial charge in [-0.3, -0.25) is 4.79 Å². The Balaban J connectivity index is 1.74. The Labute approximate surface area is 152 Å². The van der Waals surface area contributed by atoms with Gasteiger partial charge in [-0.1, -0.05) is 12.1 Å². The van der Waals surface area contributed by atoms with Crippen LogP contribution in [-0.2, 0) is 16.0 Å². The lowest BCUT2D eigenvalue weighted by Crippen LogP contribution is -2.44. The van der Waals surface area contributed by atoms with Crippen LogP contribution in [0.4, 0.5) is 10.2 Å². The molecule has 2 heterocycles. The number of amides is 1. The van der Waals surface area contributed by atoms with Crippen molar-refractivity contribution in [1.82, 2.24) is 14.9 Å². The Morgan fingerprint density at radius 3 is 3.00 bits per heavy atom. The largest absolute Gasteiger partial charge is 0.377 e. The number of nitrogens with zero attached hydrogens (tertiary/aromatic N) is 3. The molecule has 0 unspecified atom stereocenters. The van der Waals surface area contributed by atoms with Crippen LogP contribution in [-0.4, -0.2) is 47.6 Å². The summed E-state index contributed by atoms with van der Waals surface area (Å²) in [6.45, 7) is 3.26. The molecule has 0 aliphatic carbocycles. The predicted molar refractivity (Wildman–Crippen MR) is 96.3 cm³/mol. The van der Waals surface area contributed by atoms with Gasteiger partial charge in [-0.25, -0.2) is 14.4 Å². The molecule has 26 heavy (non-hydrogen) atoms. The number of halogens is 1. The predicted octanol–water partition coefficient (Wildman–Crippen LogP) is 2.50. The lowest BCUT2D eigenvalue weighted by Gasteiger charge is -2.35. The number of hydrogen-bond donors (Lipinski definition) is 1. The first-order valence-corrected chi connectivity index (χ1v) is 8.72. The second kappa shape index (κ2) is 8.23. The highest BCUT2D eigenvalue weighted by atomic mass is 19.1. The SMILES string of the molecule is CNc1cc(C)nc([C@H]2COCCN2C(=O)CCc2cccc(F)c2)n1. The number of ether oxygens (including phenoxy) is 1. The molecule has 1 aromatic heterocycles. The molecule has 7 heteroatoms. The van der Waals surface area contributed by atoms with Crippen molar-refractivity contribution in [2.45, 2.75) is 25.8 Å². The number of hydrogen-bond acceptors (Lipinski definition) is 5. The molecule has 0 radical (unpaired) electrons. The van der Waals surface area contributed by atoms with Gasteiger partial charge >= 0.3 is 0 Å². The fraction of sp³-hybridized carbons (Fsp3) is 0.421. The van der Waals surface area contributed by atoms with Gasteiger partial charge in [0.05, 0.1) is 13.2 Å². The first-order chi connectivity index (χ1) is 12.6. The first kappa shape index (κ1) is 18.3. The van der Waals surface area contributed by atoms with Crippen LogP contribution >= 0.6 is 0 Å². The van der Waals surface area contributed by atoms with E-state index >= 15 is 0 Å². The molecule has 1 atom stereocenters. The van der Waals surface area contributed by atoms with Crippen molar-refractivity contribution < 1.29 is 13.9 Å². The van der Waals surface area contributed by atoms with E-state index in [1.165, 1.54) is 12.1 Å². The van der Waals surface area contributed by atoms with Crippen LogP contribution in [0.1, 0.15) is 29.5 Å². The Morgan fingerprint density at radius 1 is 1.38 bits per heavy atom. The fourth-order valence-electron chi connectivity index (χ4n) is 3.07. The van der Waals surface area contributed by atoms with Crippen molar-refractivity contribution >= 4 is 11.7 Å².